The Kier molecular flexibility index (Phi) is 10.8. The fraction of sp³-hybridized carbons (Fsp3) is 0.353. The molecule has 14 heteroatoms. The van der Waals surface area contributed by atoms with Gasteiger partial charge in [-0.1, -0.05) is 47.5 Å². The van der Waals surface area contributed by atoms with Crippen LogP contribution in [0.5, 0.6) is 5.75 Å². The van der Waals surface area contributed by atoms with Gasteiger partial charge in [-0.2, -0.15) is 18.4 Å². The van der Waals surface area contributed by atoms with Crippen LogP contribution in [0.3, 0.4) is 0 Å². The number of nitrogens with one attached hydrogen (secondary N) is 1. The quantitative estimate of drug-likeness (QED) is 0.263. The third kappa shape index (κ3) is 7.54. The molecule has 0 aliphatic carbocycles. The summed E-state index contributed by atoms with van der Waals surface area (Å²) in [6.07, 6.45) is -4.61. The van der Waals surface area contributed by atoms with Crippen LogP contribution in [0.4, 0.5) is 18.0 Å². The van der Waals surface area contributed by atoms with Gasteiger partial charge in [0.05, 0.1) is 35.9 Å². The number of nitriles is 1. The van der Waals surface area contributed by atoms with Crippen molar-refractivity contribution < 1.29 is 27.5 Å². The van der Waals surface area contributed by atoms with Crippen molar-refractivity contribution in [1.82, 2.24) is 20.0 Å². The minimum atomic E-state index is -4.61. The Hall–Kier alpha value is -4.31. The number of alkyl halides is 3. The molecule has 1 saturated heterocycles. The number of halogens is 5. The van der Waals surface area contributed by atoms with Crippen LogP contribution < -0.4 is 10.1 Å². The zero-order chi connectivity index (χ0) is 34.6. The Morgan fingerprint density at radius 1 is 1.00 bits per heavy atom. The van der Waals surface area contributed by atoms with E-state index in [1.807, 2.05) is 11.0 Å². The second kappa shape index (κ2) is 14.8. The van der Waals surface area contributed by atoms with Gasteiger partial charge in [0.25, 0.3) is 0 Å². The zero-order valence-corrected chi connectivity index (χ0v) is 27.7. The Morgan fingerprint density at radius 3 is 2.17 bits per heavy atom. The molecule has 0 bridgehead atoms. The number of nitrogens with zero attached hydrogens (tertiary/aromatic N) is 5. The molecule has 0 radical (unpaired) electrons. The molecule has 3 aromatic carbocycles. The maximum Gasteiger partial charge on any atom is 0.416 e. The smallest absolute Gasteiger partial charge is 0.416 e. The highest BCUT2D eigenvalue weighted by atomic mass is 35.5. The summed E-state index contributed by atoms with van der Waals surface area (Å²) in [5, 5.41) is 12.4. The largest absolute Gasteiger partial charge is 0.493 e. The van der Waals surface area contributed by atoms with Crippen LogP contribution in [0.1, 0.15) is 48.2 Å². The fourth-order valence-corrected chi connectivity index (χ4v) is 6.16. The molecular weight excluding hydrogens is 668 g/mol. The number of benzene rings is 3. The third-order valence-corrected chi connectivity index (χ3v) is 8.90. The number of piperazine rings is 1. The molecule has 3 aromatic rings. The molecule has 3 atom stereocenters. The van der Waals surface area contributed by atoms with Crippen LogP contribution in [0.25, 0.3) is 0 Å². The van der Waals surface area contributed by atoms with E-state index in [1.54, 1.807) is 67.3 Å². The average Bonchev–Trinajstić information content (AvgIpc) is 3.47. The molecule has 1 fully saturated rings. The maximum absolute atomic E-state index is 14.7. The van der Waals surface area contributed by atoms with Gasteiger partial charge in [-0.15, -0.1) is 0 Å². The van der Waals surface area contributed by atoms with Crippen molar-refractivity contribution in [3.63, 3.8) is 0 Å². The SMILES string of the molecule is CCOc1cc(C(F)(F)F)ccc1C1=NC(c2ccc(Cl)cc2)C(c2ccc(Cl)cc2)N1C(=O)N1CCN(C(C)C(=O)NCC#N)CC1. The summed E-state index contributed by atoms with van der Waals surface area (Å²) in [6.45, 7) is 4.67. The number of ether oxygens (including phenoxy) is 1. The van der Waals surface area contributed by atoms with Crippen molar-refractivity contribution in [3.8, 4) is 11.8 Å². The van der Waals surface area contributed by atoms with Crippen molar-refractivity contribution in [3.05, 3.63) is 99.0 Å². The first-order chi connectivity index (χ1) is 22.9. The van der Waals surface area contributed by atoms with E-state index in [4.69, 9.17) is 38.2 Å². The molecule has 2 aliphatic rings. The Morgan fingerprint density at radius 2 is 1.60 bits per heavy atom. The Bertz CT molecular complexity index is 1700. The van der Waals surface area contributed by atoms with Crippen LogP contribution in [-0.4, -0.2) is 77.8 Å². The third-order valence-electron chi connectivity index (χ3n) is 8.40. The minimum absolute atomic E-state index is 0.0579. The van der Waals surface area contributed by atoms with Crippen LogP contribution in [0.2, 0.25) is 10.0 Å². The number of amidine groups is 1. The van der Waals surface area contributed by atoms with Gasteiger partial charge in [0.15, 0.2) is 0 Å². The van der Waals surface area contributed by atoms with E-state index in [9.17, 15) is 22.8 Å². The van der Waals surface area contributed by atoms with Crippen molar-refractivity contribution in [2.45, 2.75) is 38.1 Å². The Labute approximate surface area is 286 Å². The molecule has 252 valence electrons. The molecule has 2 aliphatic heterocycles. The Balaban J connectivity index is 1.58. The highest BCUT2D eigenvalue weighted by Gasteiger charge is 2.45. The van der Waals surface area contributed by atoms with Crippen LogP contribution in [-0.2, 0) is 11.0 Å². The highest BCUT2D eigenvalue weighted by molar-refractivity contribution is 6.30. The van der Waals surface area contributed by atoms with E-state index < -0.39 is 35.9 Å². The second-order valence-corrected chi connectivity index (χ2v) is 12.2. The fourth-order valence-electron chi connectivity index (χ4n) is 5.91. The molecule has 48 heavy (non-hydrogen) atoms. The number of amides is 3. The van der Waals surface area contributed by atoms with E-state index in [1.165, 1.54) is 11.0 Å². The van der Waals surface area contributed by atoms with Crippen LogP contribution in [0, 0.1) is 11.3 Å². The predicted molar refractivity (Wildman–Crippen MR) is 176 cm³/mol. The van der Waals surface area contributed by atoms with E-state index in [0.717, 1.165) is 17.7 Å². The molecule has 9 nitrogen and oxygen atoms in total. The number of urea groups is 1. The van der Waals surface area contributed by atoms with Gasteiger partial charge in [-0.25, -0.2) is 4.79 Å². The topological polar surface area (TPSA) is 101 Å². The van der Waals surface area contributed by atoms with E-state index in [2.05, 4.69) is 5.32 Å². The summed E-state index contributed by atoms with van der Waals surface area (Å²) in [7, 11) is 0. The zero-order valence-electron chi connectivity index (χ0n) is 26.2. The summed E-state index contributed by atoms with van der Waals surface area (Å²) in [4.78, 5) is 37.3. The normalized spacial score (nSPS) is 19.0. The summed E-state index contributed by atoms with van der Waals surface area (Å²) < 4.78 is 47.1. The minimum Gasteiger partial charge on any atom is -0.493 e. The van der Waals surface area contributed by atoms with Gasteiger partial charge < -0.3 is 15.0 Å². The number of aliphatic imine (C=N–C) groups is 1. The van der Waals surface area contributed by atoms with Gasteiger partial charge >= 0.3 is 12.2 Å². The second-order valence-electron chi connectivity index (χ2n) is 11.3. The summed E-state index contributed by atoms with van der Waals surface area (Å²) >= 11 is 12.4. The number of rotatable bonds is 8. The van der Waals surface area contributed by atoms with Gasteiger partial charge in [0.1, 0.15) is 24.2 Å². The first kappa shape index (κ1) is 35.0. The summed E-state index contributed by atoms with van der Waals surface area (Å²) in [6, 6.07) is 16.8. The molecular formula is C34H33Cl2F3N6O3. The van der Waals surface area contributed by atoms with Gasteiger partial charge in [-0.3, -0.25) is 19.6 Å². The van der Waals surface area contributed by atoms with Crippen molar-refractivity contribution in [1.29, 1.82) is 5.26 Å². The van der Waals surface area contributed by atoms with Crippen LogP contribution >= 0.6 is 23.2 Å². The molecule has 2 heterocycles. The molecule has 3 amide bonds. The standard InChI is InChI=1S/C34H33Cl2F3N6O3/c1-3-48-28-20-24(34(37,38)39)8-13-27(28)31-42-29(22-4-9-25(35)10-5-22)30(23-6-11-26(36)12-7-23)45(31)33(47)44-18-16-43(17-19-44)21(2)32(46)41-15-14-40/h4-13,20-21,29-30H,3,15-19H2,1-2H3,(H,41,46). The first-order valence-corrected chi connectivity index (χ1v) is 16.1. The lowest BCUT2D eigenvalue weighted by atomic mass is 9.93. The molecule has 0 saturated carbocycles. The highest BCUT2D eigenvalue weighted by Crippen LogP contribution is 2.46. The van der Waals surface area contributed by atoms with Gasteiger partial charge in [0, 0.05) is 36.2 Å². The summed E-state index contributed by atoms with van der Waals surface area (Å²) in [5.74, 6) is -0.189. The average molecular weight is 702 g/mol. The van der Waals surface area contributed by atoms with Crippen molar-refractivity contribution >= 4 is 41.0 Å². The monoisotopic (exact) mass is 700 g/mol. The number of carbonyl (C=O) groups is 2. The van der Waals surface area contributed by atoms with Crippen molar-refractivity contribution in [2.24, 2.45) is 4.99 Å². The molecule has 5 rings (SSSR count). The lowest BCUT2D eigenvalue weighted by Crippen LogP contribution is -2.57. The van der Waals surface area contributed by atoms with E-state index in [0.29, 0.717) is 28.7 Å². The molecule has 3 unspecified atom stereocenters. The number of hydrogen-bond acceptors (Lipinski definition) is 6. The lowest BCUT2D eigenvalue weighted by molar-refractivity contribution is -0.137. The number of carbonyl (C=O) groups excluding carboxylic acids is 2. The molecule has 1 N–H and O–H groups in total. The predicted octanol–water partition coefficient (Wildman–Crippen LogP) is 6.72. The van der Waals surface area contributed by atoms with Crippen LogP contribution in [0.15, 0.2) is 71.7 Å². The lowest BCUT2D eigenvalue weighted by Gasteiger charge is -2.40. The van der Waals surface area contributed by atoms with Gasteiger partial charge in [0.2, 0.25) is 5.91 Å². The number of hydrogen-bond donors (Lipinski definition) is 1. The van der Waals surface area contributed by atoms with E-state index >= 15 is 0 Å². The van der Waals surface area contributed by atoms with Crippen molar-refractivity contribution in [2.75, 3.05) is 39.3 Å². The maximum atomic E-state index is 14.7. The molecule has 0 aromatic heterocycles. The first-order valence-electron chi connectivity index (χ1n) is 15.3. The van der Waals surface area contributed by atoms with E-state index in [-0.39, 0.29) is 49.3 Å². The molecule has 0 spiro atoms. The summed E-state index contributed by atoms with van der Waals surface area (Å²) in [5.41, 5.74) is 0.783. The van der Waals surface area contributed by atoms with Gasteiger partial charge in [-0.05, 0) is 67.4 Å².